The van der Waals surface area contributed by atoms with Crippen LogP contribution in [0.4, 0.5) is 0 Å². The van der Waals surface area contributed by atoms with Gasteiger partial charge < -0.3 is 16.2 Å². The molecule has 1 unspecified atom stereocenters. The average molecular weight is 146 g/mol. The van der Waals surface area contributed by atoms with Gasteiger partial charge in [0.25, 0.3) is 0 Å². The van der Waals surface area contributed by atoms with Crippen molar-refractivity contribution in [2.75, 3.05) is 19.8 Å². The third-order valence-electron chi connectivity index (χ3n) is 1.08. The molecule has 0 aromatic carbocycles. The van der Waals surface area contributed by atoms with Crippen molar-refractivity contribution in [2.45, 2.75) is 13.0 Å². The molecule has 0 rings (SSSR count). The first-order valence-electron chi connectivity index (χ1n) is 3.22. The van der Waals surface area contributed by atoms with Crippen molar-refractivity contribution in [3.05, 3.63) is 0 Å². The summed E-state index contributed by atoms with van der Waals surface area (Å²) in [6.45, 7) is 2.63. The zero-order chi connectivity index (χ0) is 7.98. The highest BCUT2D eigenvalue weighted by Gasteiger charge is 2.06. The van der Waals surface area contributed by atoms with Gasteiger partial charge in [0.15, 0.2) is 0 Å². The monoisotopic (exact) mass is 146 g/mol. The van der Waals surface area contributed by atoms with Gasteiger partial charge in [0.05, 0.1) is 19.3 Å². The molecule has 0 bridgehead atoms. The van der Waals surface area contributed by atoms with Crippen LogP contribution in [0.1, 0.15) is 6.92 Å². The number of carbonyl (C=O) groups excluding carboxylic acids is 1. The van der Waals surface area contributed by atoms with Crippen LogP contribution in [-0.4, -0.2) is 31.6 Å². The van der Waals surface area contributed by atoms with Crippen molar-refractivity contribution >= 4 is 5.78 Å². The average Bonchev–Trinajstić information content (AvgIpc) is 1.88. The van der Waals surface area contributed by atoms with Gasteiger partial charge in [0.1, 0.15) is 5.78 Å². The van der Waals surface area contributed by atoms with Crippen molar-refractivity contribution in [2.24, 2.45) is 11.5 Å². The standard InChI is InChI=1S/C6H14N2O2/c1-5(9)6(8)4-10-3-2-7/h6H,2-4,7-8H2,1H3. The third-order valence-corrected chi connectivity index (χ3v) is 1.08. The molecule has 4 nitrogen and oxygen atoms in total. The van der Waals surface area contributed by atoms with Crippen LogP contribution >= 0.6 is 0 Å². The van der Waals surface area contributed by atoms with Gasteiger partial charge in [-0.05, 0) is 6.92 Å². The molecule has 0 fully saturated rings. The fourth-order valence-corrected chi connectivity index (χ4v) is 0.411. The van der Waals surface area contributed by atoms with E-state index in [1.807, 2.05) is 0 Å². The number of hydrogen-bond donors (Lipinski definition) is 2. The maximum absolute atomic E-state index is 10.5. The molecule has 0 saturated carbocycles. The first-order chi connectivity index (χ1) is 4.68. The van der Waals surface area contributed by atoms with Crippen LogP contribution in [0.2, 0.25) is 0 Å². The van der Waals surface area contributed by atoms with Gasteiger partial charge >= 0.3 is 0 Å². The predicted octanol–water partition coefficient (Wildman–Crippen LogP) is -1.12. The number of carbonyl (C=O) groups is 1. The molecule has 0 aliphatic rings. The zero-order valence-electron chi connectivity index (χ0n) is 6.17. The predicted molar refractivity (Wildman–Crippen MR) is 38.5 cm³/mol. The van der Waals surface area contributed by atoms with Crippen LogP contribution in [-0.2, 0) is 9.53 Å². The fraction of sp³-hybridized carbons (Fsp3) is 0.833. The van der Waals surface area contributed by atoms with Crippen LogP contribution in [0.25, 0.3) is 0 Å². The maximum atomic E-state index is 10.5. The SMILES string of the molecule is CC(=O)C(N)COCCN. The maximum Gasteiger partial charge on any atom is 0.148 e. The molecule has 1 atom stereocenters. The highest BCUT2D eigenvalue weighted by Crippen LogP contribution is 1.82. The molecular formula is C6H14N2O2. The molecule has 0 amide bonds. The molecule has 10 heavy (non-hydrogen) atoms. The quantitative estimate of drug-likeness (QED) is 0.481. The Morgan fingerprint density at radius 1 is 1.70 bits per heavy atom. The van der Waals surface area contributed by atoms with Gasteiger partial charge in [0.2, 0.25) is 0 Å². The Bertz CT molecular complexity index is 106. The molecule has 0 radical (unpaired) electrons. The number of ether oxygens (including phenoxy) is 1. The van der Waals surface area contributed by atoms with Gasteiger partial charge in [-0.15, -0.1) is 0 Å². The van der Waals surface area contributed by atoms with Crippen LogP contribution in [0, 0.1) is 0 Å². The van der Waals surface area contributed by atoms with Crippen LogP contribution in [0.15, 0.2) is 0 Å². The summed E-state index contributed by atoms with van der Waals surface area (Å²) in [4.78, 5) is 10.5. The summed E-state index contributed by atoms with van der Waals surface area (Å²) in [6, 6.07) is -0.494. The molecule has 0 aliphatic carbocycles. The van der Waals surface area contributed by atoms with Gasteiger partial charge in [-0.3, -0.25) is 4.79 Å². The first kappa shape index (κ1) is 9.55. The molecule has 4 heteroatoms. The second-order valence-electron chi connectivity index (χ2n) is 2.08. The Hall–Kier alpha value is -0.450. The van der Waals surface area contributed by atoms with Crippen molar-refractivity contribution in [1.82, 2.24) is 0 Å². The molecule has 0 aliphatic heterocycles. The van der Waals surface area contributed by atoms with E-state index in [4.69, 9.17) is 16.2 Å². The summed E-state index contributed by atoms with van der Waals surface area (Å²) in [6.07, 6.45) is 0. The second kappa shape index (κ2) is 5.34. The topological polar surface area (TPSA) is 78.3 Å². The van der Waals surface area contributed by atoms with E-state index in [1.165, 1.54) is 6.92 Å². The lowest BCUT2D eigenvalue weighted by Crippen LogP contribution is -2.34. The molecule has 0 aromatic rings. The molecule has 0 aromatic heterocycles. The lowest BCUT2D eigenvalue weighted by Gasteiger charge is -2.06. The van der Waals surface area contributed by atoms with Crippen LogP contribution in [0.3, 0.4) is 0 Å². The first-order valence-corrected chi connectivity index (χ1v) is 3.22. The largest absolute Gasteiger partial charge is 0.378 e. The molecule has 60 valence electrons. The number of hydrogen-bond acceptors (Lipinski definition) is 4. The normalized spacial score (nSPS) is 13.1. The van der Waals surface area contributed by atoms with Crippen molar-refractivity contribution in [1.29, 1.82) is 0 Å². The van der Waals surface area contributed by atoms with E-state index in [1.54, 1.807) is 0 Å². The minimum Gasteiger partial charge on any atom is -0.378 e. The van der Waals surface area contributed by atoms with E-state index in [0.29, 0.717) is 13.2 Å². The molecular weight excluding hydrogens is 132 g/mol. The lowest BCUT2D eigenvalue weighted by molar-refractivity contribution is -0.119. The Morgan fingerprint density at radius 2 is 2.30 bits per heavy atom. The summed E-state index contributed by atoms with van der Waals surface area (Å²) in [7, 11) is 0. The number of nitrogens with two attached hydrogens (primary N) is 2. The number of rotatable bonds is 5. The van der Waals surface area contributed by atoms with E-state index in [-0.39, 0.29) is 12.4 Å². The lowest BCUT2D eigenvalue weighted by atomic mass is 10.2. The minimum absolute atomic E-state index is 0.0583. The molecule has 0 spiro atoms. The summed E-state index contributed by atoms with van der Waals surface area (Å²) in [5.74, 6) is -0.0583. The van der Waals surface area contributed by atoms with Crippen LogP contribution < -0.4 is 11.5 Å². The third kappa shape index (κ3) is 4.43. The summed E-state index contributed by atoms with van der Waals surface area (Å²) < 4.78 is 4.94. The van der Waals surface area contributed by atoms with Crippen molar-refractivity contribution in [3.63, 3.8) is 0 Å². The van der Waals surface area contributed by atoms with E-state index in [2.05, 4.69) is 0 Å². The van der Waals surface area contributed by atoms with E-state index < -0.39 is 6.04 Å². The molecule has 0 saturated heterocycles. The molecule has 0 heterocycles. The van der Waals surface area contributed by atoms with Gasteiger partial charge in [-0.1, -0.05) is 0 Å². The number of Topliss-reactive ketones (excluding diaryl/α,β-unsaturated/α-hetero) is 1. The second-order valence-corrected chi connectivity index (χ2v) is 2.08. The van der Waals surface area contributed by atoms with Gasteiger partial charge in [0, 0.05) is 6.54 Å². The smallest absolute Gasteiger partial charge is 0.148 e. The Morgan fingerprint density at radius 3 is 2.70 bits per heavy atom. The van der Waals surface area contributed by atoms with Gasteiger partial charge in [-0.25, -0.2) is 0 Å². The summed E-state index contributed by atoms with van der Waals surface area (Å²) >= 11 is 0. The van der Waals surface area contributed by atoms with E-state index >= 15 is 0 Å². The van der Waals surface area contributed by atoms with E-state index in [0.717, 1.165) is 0 Å². The fourth-order valence-electron chi connectivity index (χ4n) is 0.411. The van der Waals surface area contributed by atoms with Gasteiger partial charge in [-0.2, -0.15) is 0 Å². The Balaban J connectivity index is 3.21. The highest BCUT2D eigenvalue weighted by atomic mass is 16.5. The Kier molecular flexibility index (Phi) is 5.10. The number of ketones is 1. The Labute approximate surface area is 60.5 Å². The minimum atomic E-state index is -0.494. The van der Waals surface area contributed by atoms with Crippen molar-refractivity contribution < 1.29 is 9.53 Å². The zero-order valence-corrected chi connectivity index (χ0v) is 6.17. The van der Waals surface area contributed by atoms with Crippen molar-refractivity contribution in [3.8, 4) is 0 Å². The molecule has 4 N–H and O–H groups in total. The summed E-state index contributed by atoms with van der Waals surface area (Å²) in [5, 5.41) is 0. The highest BCUT2D eigenvalue weighted by molar-refractivity contribution is 5.81. The van der Waals surface area contributed by atoms with Crippen LogP contribution in [0.5, 0.6) is 0 Å². The summed E-state index contributed by atoms with van der Waals surface area (Å²) in [5.41, 5.74) is 10.5. The van der Waals surface area contributed by atoms with E-state index in [9.17, 15) is 4.79 Å².